The summed E-state index contributed by atoms with van der Waals surface area (Å²) in [5.74, 6) is 0.213. The molecule has 0 atom stereocenters. The minimum absolute atomic E-state index is 0.213. The molecule has 2 saturated heterocycles. The minimum atomic E-state index is 0.213. The fourth-order valence-corrected chi connectivity index (χ4v) is 3.20. The van der Waals surface area contributed by atoms with Gasteiger partial charge in [-0.25, -0.2) is 4.98 Å². The van der Waals surface area contributed by atoms with Crippen LogP contribution in [0.5, 0.6) is 0 Å². The van der Waals surface area contributed by atoms with Gasteiger partial charge in [-0.2, -0.15) is 5.10 Å². The van der Waals surface area contributed by atoms with Gasteiger partial charge >= 0.3 is 0 Å². The number of nitrogens with zero attached hydrogens (tertiary/aromatic N) is 6. The number of hydrogen-bond donors (Lipinski definition) is 0. The van der Waals surface area contributed by atoms with E-state index in [-0.39, 0.29) is 5.91 Å². The van der Waals surface area contributed by atoms with E-state index >= 15 is 0 Å². The molecule has 116 valence electrons. The summed E-state index contributed by atoms with van der Waals surface area (Å²) in [6.45, 7) is 3.66. The number of rotatable bonds is 4. The molecule has 4 rings (SSSR count). The van der Waals surface area contributed by atoms with E-state index < -0.39 is 0 Å². The van der Waals surface area contributed by atoms with Crippen molar-refractivity contribution in [2.24, 2.45) is 7.05 Å². The zero-order chi connectivity index (χ0) is 15.1. The molecule has 2 aromatic heterocycles. The third-order valence-electron chi connectivity index (χ3n) is 4.43. The van der Waals surface area contributed by atoms with Crippen LogP contribution in [0.15, 0.2) is 24.9 Å². The number of imidazole rings is 1. The standard InChI is InChI=1S/C15H20N6O/c1-18-6-12(16-11-18)7-19-8-14(9-19)21-10-13(5-17-21)20-4-2-3-15(20)22/h5-6,10-11,14H,2-4,7-9H2,1H3. The summed E-state index contributed by atoms with van der Waals surface area (Å²) in [4.78, 5) is 20.3. The first kappa shape index (κ1) is 13.5. The lowest BCUT2D eigenvalue weighted by Gasteiger charge is -2.38. The minimum Gasteiger partial charge on any atom is -0.340 e. The van der Waals surface area contributed by atoms with Gasteiger partial charge in [-0.1, -0.05) is 0 Å². The van der Waals surface area contributed by atoms with Crippen molar-refractivity contribution in [3.8, 4) is 0 Å². The predicted molar refractivity (Wildman–Crippen MR) is 81.3 cm³/mol. The second-order valence-electron chi connectivity index (χ2n) is 6.21. The van der Waals surface area contributed by atoms with Crippen molar-refractivity contribution in [2.75, 3.05) is 24.5 Å². The maximum Gasteiger partial charge on any atom is 0.227 e. The second kappa shape index (κ2) is 5.24. The third-order valence-corrected chi connectivity index (χ3v) is 4.43. The van der Waals surface area contributed by atoms with Gasteiger partial charge in [0.15, 0.2) is 0 Å². The van der Waals surface area contributed by atoms with Crippen molar-refractivity contribution < 1.29 is 4.79 Å². The number of carbonyl (C=O) groups is 1. The predicted octanol–water partition coefficient (Wildman–Crippen LogP) is 0.800. The van der Waals surface area contributed by atoms with E-state index in [1.54, 1.807) is 0 Å². The molecular formula is C15H20N6O. The molecule has 2 aromatic rings. The van der Waals surface area contributed by atoms with Crippen LogP contribution in [0, 0.1) is 0 Å². The fraction of sp³-hybridized carbons (Fsp3) is 0.533. The van der Waals surface area contributed by atoms with E-state index in [2.05, 4.69) is 21.2 Å². The molecule has 2 aliphatic heterocycles. The molecule has 7 heteroatoms. The molecule has 0 aliphatic carbocycles. The molecule has 0 radical (unpaired) electrons. The average molecular weight is 300 g/mol. The van der Waals surface area contributed by atoms with E-state index in [0.29, 0.717) is 12.5 Å². The molecule has 22 heavy (non-hydrogen) atoms. The number of likely N-dealkylation sites (tertiary alicyclic amines) is 1. The van der Waals surface area contributed by atoms with Gasteiger partial charge in [0.25, 0.3) is 0 Å². The van der Waals surface area contributed by atoms with E-state index in [4.69, 9.17) is 0 Å². The van der Waals surface area contributed by atoms with E-state index in [1.807, 2.05) is 39.9 Å². The molecule has 0 spiro atoms. The quantitative estimate of drug-likeness (QED) is 0.838. The van der Waals surface area contributed by atoms with Crippen molar-refractivity contribution in [1.82, 2.24) is 24.2 Å². The molecule has 2 aliphatic rings. The van der Waals surface area contributed by atoms with Crippen molar-refractivity contribution in [2.45, 2.75) is 25.4 Å². The van der Waals surface area contributed by atoms with Crippen molar-refractivity contribution in [1.29, 1.82) is 0 Å². The Morgan fingerprint density at radius 2 is 2.18 bits per heavy atom. The molecule has 0 aromatic carbocycles. The highest BCUT2D eigenvalue weighted by atomic mass is 16.2. The van der Waals surface area contributed by atoms with Crippen LogP contribution in [0.1, 0.15) is 24.6 Å². The van der Waals surface area contributed by atoms with Gasteiger partial charge in [0, 0.05) is 52.0 Å². The van der Waals surface area contributed by atoms with Gasteiger partial charge in [0.05, 0.1) is 29.9 Å². The molecule has 0 unspecified atom stereocenters. The largest absolute Gasteiger partial charge is 0.340 e. The van der Waals surface area contributed by atoms with E-state index in [0.717, 1.165) is 44.0 Å². The summed E-state index contributed by atoms with van der Waals surface area (Å²) < 4.78 is 3.97. The Balaban J connectivity index is 1.35. The number of anilines is 1. The van der Waals surface area contributed by atoms with E-state index in [1.165, 1.54) is 0 Å². The number of hydrogen-bond acceptors (Lipinski definition) is 4. The van der Waals surface area contributed by atoms with Crippen LogP contribution >= 0.6 is 0 Å². The summed E-state index contributed by atoms with van der Waals surface area (Å²) in [5.41, 5.74) is 2.04. The van der Waals surface area contributed by atoms with Crippen LogP contribution in [0.3, 0.4) is 0 Å². The highest BCUT2D eigenvalue weighted by Crippen LogP contribution is 2.26. The zero-order valence-electron chi connectivity index (χ0n) is 12.7. The van der Waals surface area contributed by atoms with Gasteiger partial charge in [0.2, 0.25) is 5.91 Å². The molecule has 0 saturated carbocycles. The van der Waals surface area contributed by atoms with Crippen molar-refractivity contribution in [3.05, 3.63) is 30.6 Å². The van der Waals surface area contributed by atoms with Crippen molar-refractivity contribution >= 4 is 11.6 Å². The SMILES string of the molecule is Cn1cnc(CN2CC(n3cc(N4CCCC4=O)cn3)C2)c1. The van der Waals surface area contributed by atoms with Crippen LogP contribution in [-0.2, 0) is 18.4 Å². The third kappa shape index (κ3) is 2.41. The summed E-state index contributed by atoms with van der Waals surface area (Å²) in [7, 11) is 1.99. The Hall–Kier alpha value is -2.15. The first-order chi connectivity index (χ1) is 10.7. The molecule has 0 bridgehead atoms. The molecule has 7 nitrogen and oxygen atoms in total. The Morgan fingerprint density at radius 1 is 1.32 bits per heavy atom. The number of amides is 1. The Bertz CT molecular complexity index is 684. The highest BCUT2D eigenvalue weighted by molar-refractivity contribution is 5.95. The first-order valence-corrected chi connectivity index (χ1v) is 7.73. The van der Waals surface area contributed by atoms with Crippen LogP contribution in [0.2, 0.25) is 0 Å². The molecule has 0 N–H and O–H groups in total. The normalized spacial score (nSPS) is 19.9. The fourth-order valence-electron chi connectivity index (χ4n) is 3.20. The Kier molecular flexibility index (Phi) is 3.22. The average Bonchev–Trinajstić information content (AvgIpc) is 3.14. The van der Waals surface area contributed by atoms with Crippen LogP contribution in [0.4, 0.5) is 5.69 Å². The van der Waals surface area contributed by atoms with Gasteiger partial charge in [-0.3, -0.25) is 14.4 Å². The van der Waals surface area contributed by atoms with Crippen LogP contribution in [-0.4, -0.2) is 49.8 Å². The Morgan fingerprint density at radius 3 is 2.86 bits per heavy atom. The summed E-state index contributed by atoms with van der Waals surface area (Å²) in [5, 5.41) is 4.44. The molecule has 2 fully saturated rings. The number of carbonyl (C=O) groups excluding carboxylic acids is 1. The lowest BCUT2D eigenvalue weighted by Crippen LogP contribution is -2.47. The van der Waals surface area contributed by atoms with Crippen LogP contribution < -0.4 is 4.90 Å². The maximum absolute atomic E-state index is 11.8. The van der Waals surface area contributed by atoms with Gasteiger partial charge in [-0.15, -0.1) is 0 Å². The van der Waals surface area contributed by atoms with Gasteiger partial charge < -0.3 is 9.47 Å². The Labute approximate surface area is 129 Å². The first-order valence-electron chi connectivity index (χ1n) is 7.73. The van der Waals surface area contributed by atoms with Crippen LogP contribution in [0.25, 0.3) is 0 Å². The highest BCUT2D eigenvalue weighted by Gasteiger charge is 2.30. The monoisotopic (exact) mass is 300 g/mol. The van der Waals surface area contributed by atoms with Gasteiger partial charge in [-0.05, 0) is 6.42 Å². The van der Waals surface area contributed by atoms with E-state index in [9.17, 15) is 4.79 Å². The molecular weight excluding hydrogens is 280 g/mol. The summed E-state index contributed by atoms with van der Waals surface area (Å²) in [6, 6.07) is 0.398. The van der Waals surface area contributed by atoms with Crippen molar-refractivity contribution in [3.63, 3.8) is 0 Å². The molecule has 1 amide bonds. The number of aryl methyl sites for hydroxylation is 1. The lowest BCUT2D eigenvalue weighted by molar-refractivity contribution is -0.117. The number of aromatic nitrogens is 4. The summed E-state index contributed by atoms with van der Waals surface area (Å²) >= 11 is 0. The lowest BCUT2D eigenvalue weighted by atomic mass is 10.1. The summed E-state index contributed by atoms with van der Waals surface area (Å²) in [6.07, 6.45) is 9.31. The topological polar surface area (TPSA) is 59.2 Å². The smallest absolute Gasteiger partial charge is 0.227 e. The van der Waals surface area contributed by atoms with Gasteiger partial charge in [0.1, 0.15) is 0 Å². The second-order valence-corrected chi connectivity index (χ2v) is 6.21. The zero-order valence-corrected chi connectivity index (χ0v) is 12.7. The molecule has 4 heterocycles. The maximum atomic E-state index is 11.8.